The van der Waals surface area contributed by atoms with Crippen LogP contribution in [0.2, 0.25) is 0 Å². The van der Waals surface area contributed by atoms with Crippen LogP contribution in [0.4, 0.5) is 0 Å². The van der Waals surface area contributed by atoms with Gasteiger partial charge >= 0.3 is 0 Å². The van der Waals surface area contributed by atoms with Gasteiger partial charge in [0.05, 0.1) is 4.90 Å². The molecule has 0 radical (unpaired) electrons. The van der Waals surface area contributed by atoms with E-state index in [9.17, 15) is 23.1 Å². The number of benzene rings is 1. The summed E-state index contributed by atoms with van der Waals surface area (Å²) in [5.74, 6) is -1.21. The first-order valence-electron chi connectivity index (χ1n) is 7.54. The predicted molar refractivity (Wildman–Crippen MR) is 85.8 cm³/mol. The summed E-state index contributed by atoms with van der Waals surface area (Å²) < 4.78 is 24.6. The summed E-state index contributed by atoms with van der Waals surface area (Å²) in [5.41, 5.74) is 4.83. The van der Waals surface area contributed by atoms with E-state index in [0.29, 0.717) is 25.7 Å². The topological polar surface area (TPSA) is 147 Å². The molecule has 1 unspecified atom stereocenters. The van der Waals surface area contributed by atoms with E-state index in [2.05, 4.69) is 0 Å². The lowest BCUT2D eigenvalue weighted by atomic mass is 10.1. The fraction of sp³-hybridized carbons (Fsp3) is 0.467. The lowest BCUT2D eigenvalue weighted by Crippen LogP contribution is -2.22. The molecular formula is C15H22N2O6S. The number of nitrogens with two attached hydrogens (primary N) is 1. The van der Waals surface area contributed by atoms with Crippen molar-refractivity contribution in [2.24, 2.45) is 5.73 Å². The van der Waals surface area contributed by atoms with Crippen LogP contribution in [0.5, 0.6) is 0 Å². The Bertz CT molecular complexity index is 674. The molecule has 9 heteroatoms. The maximum Gasteiger partial charge on any atom is 0.274 e. The minimum Gasteiger partial charge on any atom is -0.377 e. The van der Waals surface area contributed by atoms with Crippen LogP contribution >= 0.6 is 0 Å². The molecule has 8 nitrogen and oxygen atoms in total. The highest BCUT2D eigenvalue weighted by molar-refractivity contribution is 7.91. The summed E-state index contributed by atoms with van der Waals surface area (Å²) in [6, 6.07) is 5.07. The largest absolute Gasteiger partial charge is 0.377 e. The first-order valence-corrected chi connectivity index (χ1v) is 9.08. The number of aliphatic hydroxyl groups is 1. The van der Waals surface area contributed by atoms with Gasteiger partial charge in [-0.15, -0.1) is 0 Å². The molecular weight excluding hydrogens is 336 g/mol. The van der Waals surface area contributed by atoms with E-state index >= 15 is 0 Å². The summed E-state index contributed by atoms with van der Waals surface area (Å²) in [7, 11) is -3.99. The molecule has 5 N–H and O–H groups in total. The minimum absolute atomic E-state index is 0.0303. The maximum absolute atomic E-state index is 12.3. The Balaban J connectivity index is 2.61. The van der Waals surface area contributed by atoms with Crippen molar-refractivity contribution in [3.63, 3.8) is 0 Å². The minimum atomic E-state index is -3.99. The molecule has 0 aromatic heterocycles. The lowest BCUT2D eigenvalue weighted by Gasteiger charge is -2.12. The normalized spacial score (nSPS) is 12.6. The fourth-order valence-electron chi connectivity index (χ4n) is 2.16. The third-order valence-electron chi connectivity index (χ3n) is 3.51. The third-order valence-corrected chi connectivity index (χ3v) is 5.37. The van der Waals surface area contributed by atoms with Crippen molar-refractivity contribution >= 4 is 21.7 Å². The van der Waals surface area contributed by atoms with Crippen LogP contribution in [0.25, 0.3) is 0 Å². The van der Waals surface area contributed by atoms with Crippen LogP contribution < -0.4 is 11.2 Å². The first kappa shape index (κ1) is 20.1. The number of nitrogens with one attached hydrogen (secondary N) is 1. The highest BCUT2D eigenvalue weighted by atomic mass is 32.2. The molecule has 1 aromatic rings. The molecule has 0 spiro atoms. The van der Waals surface area contributed by atoms with Crippen molar-refractivity contribution in [2.75, 3.05) is 0 Å². The monoisotopic (exact) mass is 358 g/mol. The lowest BCUT2D eigenvalue weighted by molar-refractivity contribution is -0.118. The molecule has 0 saturated carbocycles. The van der Waals surface area contributed by atoms with Crippen LogP contribution in [0, 0.1) is 0 Å². The number of aliphatic hydroxyl groups excluding tert-OH is 1. The number of hydroxylamine groups is 1. The van der Waals surface area contributed by atoms with Crippen molar-refractivity contribution in [1.82, 2.24) is 5.48 Å². The van der Waals surface area contributed by atoms with Crippen LogP contribution in [0.1, 0.15) is 48.9 Å². The Morgan fingerprint density at radius 3 is 2.46 bits per heavy atom. The Hall–Kier alpha value is -1.97. The van der Waals surface area contributed by atoms with Gasteiger partial charge < -0.3 is 10.8 Å². The van der Waals surface area contributed by atoms with E-state index in [1.54, 1.807) is 0 Å². The highest BCUT2D eigenvalue weighted by Crippen LogP contribution is 2.20. The first-order chi connectivity index (χ1) is 11.3. The number of carbonyl (C=O) groups is 2. The SMILES string of the molecule is NC(=O)CCCCCCC(O)S(=O)(=O)c1cccc(C(=O)NO)c1. The van der Waals surface area contributed by atoms with Crippen molar-refractivity contribution in [1.29, 1.82) is 0 Å². The Morgan fingerprint density at radius 1 is 1.17 bits per heavy atom. The number of rotatable bonds is 10. The Morgan fingerprint density at radius 2 is 1.83 bits per heavy atom. The highest BCUT2D eigenvalue weighted by Gasteiger charge is 2.25. The van der Waals surface area contributed by atoms with Gasteiger partial charge in [0.25, 0.3) is 5.91 Å². The number of hydrogen-bond donors (Lipinski definition) is 4. The van der Waals surface area contributed by atoms with Crippen molar-refractivity contribution in [3.8, 4) is 0 Å². The molecule has 0 fully saturated rings. The zero-order valence-corrected chi connectivity index (χ0v) is 14.0. The molecule has 0 saturated heterocycles. The molecule has 1 atom stereocenters. The molecule has 134 valence electrons. The van der Waals surface area contributed by atoms with Gasteiger partial charge in [0, 0.05) is 12.0 Å². The number of amides is 2. The molecule has 1 aromatic carbocycles. The van der Waals surface area contributed by atoms with E-state index in [1.807, 2.05) is 0 Å². The standard InChI is InChI=1S/C15H22N2O6S/c16-13(18)8-3-1-2-4-9-14(19)24(22,23)12-7-5-6-11(10-12)15(20)17-21/h5-7,10,14,19,21H,1-4,8-9H2,(H2,16,18)(H,17,20). The Labute approximate surface area is 140 Å². The summed E-state index contributed by atoms with van der Waals surface area (Å²) in [6.07, 6.45) is 2.86. The average Bonchev–Trinajstić information content (AvgIpc) is 2.56. The molecule has 24 heavy (non-hydrogen) atoms. The van der Waals surface area contributed by atoms with Crippen LogP contribution in [0.15, 0.2) is 29.2 Å². The second kappa shape index (κ2) is 9.36. The maximum atomic E-state index is 12.3. The second-order valence-electron chi connectivity index (χ2n) is 5.39. The average molecular weight is 358 g/mol. The van der Waals surface area contributed by atoms with E-state index in [1.165, 1.54) is 23.7 Å². The van der Waals surface area contributed by atoms with Crippen LogP contribution in [-0.2, 0) is 14.6 Å². The molecule has 1 rings (SSSR count). The molecule has 0 aliphatic heterocycles. The van der Waals surface area contributed by atoms with Gasteiger partial charge in [-0.2, -0.15) is 0 Å². The predicted octanol–water partition coefficient (Wildman–Crippen LogP) is 0.724. The number of unbranched alkanes of at least 4 members (excludes halogenated alkanes) is 3. The molecule has 2 amide bonds. The summed E-state index contributed by atoms with van der Waals surface area (Å²) in [4.78, 5) is 21.7. The van der Waals surface area contributed by atoms with Crippen molar-refractivity contribution < 1.29 is 28.3 Å². The molecule has 0 bridgehead atoms. The summed E-state index contributed by atoms with van der Waals surface area (Å²) in [5, 5.41) is 18.5. The van der Waals surface area contributed by atoms with Gasteiger partial charge in [0.1, 0.15) is 0 Å². The quantitative estimate of drug-likeness (QED) is 0.275. The van der Waals surface area contributed by atoms with Gasteiger partial charge in [0.2, 0.25) is 15.7 Å². The molecule has 0 aliphatic rings. The fourth-order valence-corrected chi connectivity index (χ4v) is 3.51. The van der Waals surface area contributed by atoms with Crippen molar-refractivity contribution in [3.05, 3.63) is 29.8 Å². The van der Waals surface area contributed by atoms with Gasteiger partial charge in [-0.25, -0.2) is 13.9 Å². The zero-order valence-electron chi connectivity index (χ0n) is 13.1. The van der Waals surface area contributed by atoms with E-state index in [-0.39, 0.29) is 22.8 Å². The summed E-state index contributed by atoms with van der Waals surface area (Å²) in [6.45, 7) is 0. The van der Waals surface area contributed by atoms with Gasteiger partial charge in [-0.05, 0) is 37.5 Å². The number of hydrogen-bond acceptors (Lipinski definition) is 6. The van der Waals surface area contributed by atoms with Crippen LogP contribution in [0.3, 0.4) is 0 Å². The van der Waals surface area contributed by atoms with E-state index < -0.39 is 21.2 Å². The number of primary amides is 1. The second-order valence-corrected chi connectivity index (χ2v) is 7.49. The third kappa shape index (κ3) is 5.91. The van der Waals surface area contributed by atoms with E-state index in [0.717, 1.165) is 12.5 Å². The number of carbonyl (C=O) groups excluding carboxylic acids is 2. The van der Waals surface area contributed by atoms with Crippen LogP contribution in [-0.4, -0.2) is 36.0 Å². The summed E-state index contributed by atoms with van der Waals surface area (Å²) >= 11 is 0. The molecule has 0 aliphatic carbocycles. The van der Waals surface area contributed by atoms with Gasteiger partial charge in [-0.3, -0.25) is 14.8 Å². The molecule has 0 heterocycles. The van der Waals surface area contributed by atoms with Gasteiger partial charge in [-0.1, -0.05) is 18.9 Å². The van der Waals surface area contributed by atoms with E-state index in [4.69, 9.17) is 10.9 Å². The Kier molecular flexibility index (Phi) is 7.83. The van der Waals surface area contributed by atoms with Gasteiger partial charge in [0.15, 0.2) is 5.44 Å². The zero-order chi connectivity index (χ0) is 18.2. The number of sulfone groups is 1. The van der Waals surface area contributed by atoms with Crippen molar-refractivity contribution in [2.45, 2.75) is 48.9 Å². The smallest absolute Gasteiger partial charge is 0.274 e.